The maximum Gasteiger partial charge on any atom is 0.416 e. The highest BCUT2D eigenvalue weighted by atomic mass is 32.1. The zero-order chi connectivity index (χ0) is 21.0. The summed E-state index contributed by atoms with van der Waals surface area (Å²) < 4.78 is 78.9. The molecule has 1 amide bonds. The molecule has 3 rings (SSSR count). The van der Waals surface area contributed by atoms with E-state index in [0.29, 0.717) is 23.5 Å². The van der Waals surface area contributed by atoms with Crippen LogP contribution in [0.4, 0.5) is 26.3 Å². The van der Waals surface area contributed by atoms with Crippen LogP contribution in [0.3, 0.4) is 0 Å². The molecule has 148 valence electrons. The molecule has 2 aromatic heterocycles. The number of carbonyl (C=O) groups is 1. The summed E-state index contributed by atoms with van der Waals surface area (Å²) in [7, 11) is 0. The maximum absolute atomic E-state index is 13.1. The predicted octanol–water partition coefficient (Wildman–Crippen LogP) is 4.10. The number of carbonyl (C=O) groups excluding carboxylic acids is 1. The molecule has 0 atom stereocenters. The largest absolute Gasteiger partial charge is 0.416 e. The average molecular weight is 421 g/mol. The lowest BCUT2D eigenvalue weighted by Gasteiger charge is -2.14. The van der Waals surface area contributed by atoms with Gasteiger partial charge < -0.3 is 10.7 Å². The fourth-order valence-electron chi connectivity index (χ4n) is 2.66. The van der Waals surface area contributed by atoms with Gasteiger partial charge >= 0.3 is 12.4 Å². The van der Waals surface area contributed by atoms with Crippen molar-refractivity contribution < 1.29 is 31.1 Å². The Morgan fingerprint density at radius 3 is 2.07 bits per heavy atom. The van der Waals surface area contributed by atoms with Gasteiger partial charge in [0.15, 0.2) is 0 Å². The molecule has 0 bridgehead atoms. The van der Waals surface area contributed by atoms with Crippen LogP contribution in [-0.4, -0.2) is 15.9 Å². The van der Waals surface area contributed by atoms with Crippen LogP contribution < -0.4 is 11.3 Å². The van der Waals surface area contributed by atoms with Crippen molar-refractivity contribution in [3.63, 3.8) is 0 Å². The quantitative estimate of drug-likeness (QED) is 0.611. The van der Waals surface area contributed by atoms with Gasteiger partial charge in [-0.15, -0.1) is 11.3 Å². The normalized spacial score (nSPS) is 12.5. The van der Waals surface area contributed by atoms with Gasteiger partial charge in [0.25, 0.3) is 11.5 Å². The number of H-pyrrole nitrogens is 1. The minimum Gasteiger partial charge on any atom is -0.365 e. The first kappa shape index (κ1) is 19.9. The second-order valence-electron chi connectivity index (χ2n) is 5.80. The molecule has 0 saturated carbocycles. The van der Waals surface area contributed by atoms with Crippen LogP contribution >= 0.6 is 11.3 Å². The van der Waals surface area contributed by atoms with E-state index in [4.69, 9.17) is 5.73 Å². The number of rotatable bonds is 2. The van der Waals surface area contributed by atoms with E-state index < -0.39 is 46.1 Å². The lowest BCUT2D eigenvalue weighted by Crippen LogP contribution is -2.14. The minimum atomic E-state index is -5.09. The Hall–Kier alpha value is -2.89. The molecule has 12 heteroatoms. The van der Waals surface area contributed by atoms with Gasteiger partial charge in [-0.3, -0.25) is 9.59 Å². The predicted molar refractivity (Wildman–Crippen MR) is 88.9 cm³/mol. The topological polar surface area (TPSA) is 88.8 Å². The van der Waals surface area contributed by atoms with E-state index in [9.17, 15) is 35.9 Å². The number of nitrogens with one attached hydrogen (secondary N) is 1. The van der Waals surface area contributed by atoms with Crippen LogP contribution in [0, 0.1) is 6.92 Å². The number of nitrogens with two attached hydrogens (primary N) is 1. The number of thiophene rings is 1. The van der Waals surface area contributed by atoms with Gasteiger partial charge in [-0.1, -0.05) is 0 Å². The Labute approximate surface area is 155 Å². The van der Waals surface area contributed by atoms with E-state index in [1.165, 1.54) is 6.92 Å². The number of amides is 1. The monoisotopic (exact) mass is 421 g/mol. The smallest absolute Gasteiger partial charge is 0.365 e. The van der Waals surface area contributed by atoms with Crippen molar-refractivity contribution in [1.82, 2.24) is 9.97 Å². The van der Waals surface area contributed by atoms with Crippen molar-refractivity contribution in [2.45, 2.75) is 19.3 Å². The average Bonchev–Trinajstić information content (AvgIpc) is 2.92. The molecular formula is C16H9F6N3O2S. The van der Waals surface area contributed by atoms with Crippen molar-refractivity contribution >= 4 is 27.5 Å². The lowest BCUT2D eigenvalue weighted by molar-refractivity contribution is -0.143. The minimum absolute atomic E-state index is 0.0315. The van der Waals surface area contributed by atoms with Gasteiger partial charge in [-0.05, 0) is 30.7 Å². The third-order valence-corrected chi connectivity index (χ3v) is 4.88. The first-order valence-electron chi connectivity index (χ1n) is 7.42. The summed E-state index contributed by atoms with van der Waals surface area (Å²) in [5.41, 5.74) is 0.235. The van der Waals surface area contributed by atoms with E-state index in [-0.39, 0.29) is 27.0 Å². The Balaban J connectivity index is 2.47. The summed E-state index contributed by atoms with van der Waals surface area (Å²) in [4.78, 5) is 30.0. The number of aromatic nitrogens is 2. The molecule has 0 radical (unpaired) electrons. The van der Waals surface area contributed by atoms with E-state index >= 15 is 0 Å². The summed E-state index contributed by atoms with van der Waals surface area (Å²) in [5.74, 6) is -0.956. The molecule has 0 aliphatic heterocycles. The van der Waals surface area contributed by atoms with Crippen molar-refractivity contribution in [2.75, 3.05) is 0 Å². The summed E-state index contributed by atoms with van der Waals surface area (Å²) in [6.07, 6.45) is -10.2. The van der Waals surface area contributed by atoms with Crippen LogP contribution in [-0.2, 0) is 12.4 Å². The number of fused-ring (bicyclic) bond motifs is 1. The van der Waals surface area contributed by atoms with E-state index in [1.54, 1.807) is 0 Å². The third kappa shape index (κ3) is 3.46. The fraction of sp³-hybridized carbons (Fsp3) is 0.188. The number of halogens is 6. The zero-order valence-electron chi connectivity index (χ0n) is 13.7. The number of benzene rings is 1. The summed E-state index contributed by atoms with van der Waals surface area (Å²) >= 11 is 0.614. The standard InChI is InChI=1S/C16H9F6N3O2S/c1-5-24-13(27)10-9(11(12(23)26)28-14(10)25-5)6-2-7(15(17,18)19)4-8(3-6)16(20,21)22/h2-4H,1H3,(H2,23,26)(H,24,25,27). The molecular weight excluding hydrogens is 412 g/mol. The molecule has 2 heterocycles. The molecule has 3 N–H and O–H groups in total. The number of nitrogens with zero attached hydrogens (tertiary/aromatic N) is 1. The van der Waals surface area contributed by atoms with Crippen LogP contribution in [0.15, 0.2) is 23.0 Å². The molecule has 3 aromatic rings. The highest BCUT2D eigenvalue weighted by Gasteiger charge is 2.37. The van der Waals surface area contributed by atoms with Gasteiger partial charge in [0.05, 0.1) is 16.5 Å². The highest BCUT2D eigenvalue weighted by molar-refractivity contribution is 7.21. The number of aromatic amines is 1. The SMILES string of the molecule is Cc1nc2sc(C(N)=O)c(-c3cc(C(F)(F)F)cc(C(F)(F)F)c3)c2c(=O)[nH]1. The van der Waals surface area contributed by atoms with Crippen molar-refractivity contribution in [3.05, 3.63) is 50.4 Å². The molecule has 1 aromatic carbocycles. The molecule has 0 spiro atoms. The van der Waals surface area contributed by atoms with Crippen LogP contribution in [0.5, 0.6) is 0 Å². The van der Waals surface area contributed by atoms with Crippen molar-refractivity contribution in [1.29, 1.82) is 0 Å². The molecule has 0 unspecified atom stereocenters. The van der Waals surface area contributed by atoms with Gasteiger partial charge in [0, 0.05) is 5.56 Å². The number of alkyl halides is 6. The van der Waals surface area contributed by atoms with E-state index in [1.807, 2.05) is 0 Å². The zero-order valence-corrected chi connectivity index (χ0v) is 14.6. The van der Waals surface area contributed by atoms with E-state index in [0.717, 1.165) is 0 Å². The second-order valence-corrected chi connectivity index (χ2v) is 6.80. The molecule has 0 fully saturated rings. The summed E-state index contributed by atoms with van der Waals surface area (Å²) in [5, 5.41) is -0.308. The first-order chi connectivity index (χ1) is 12.8. The van der Waals surface area contributed by atoms with Gasteiger partial charge in [0.2, 0.25) is 0 Å². The molecule has 5 nitrogen and oxygen atoms in total. The van der Waals surface area contributed by atoms with Gasteiger partial charge in [-0.25, -0.2) is 4.98 Å². The molecule has 0 aliphatic carbocycles. The number of hydrogen-bond acceptors (Lipinski definition) is 4. The molecule has 28 heavy (non-hydrogen) atoms. The Morgan fingerprint density at radius 1 is 1.07 bits per heavy atom. The van der Waals surface area contributed by atoms with Crippen molar-refractivity contribution in [2.24, 2.45) is 5.73 Å². The van der Waals surface area contributed by atoms with Gasteiger partial charge in [0.1, 0.15) is 15.5 Å². The van der Waals surface area contributed by atoms with Crippen LogP contribution in [0.1, 0.15) is 26.6 Å². The van der Waals surface area contributed by atoms with Crippen LogP contribution in [0.25, 0.3) is 21.3 Å². The lowest BCUT2D eigenvalue weighted by atomic mass is 9.97. The van der Waals surface area contributed by atoms with Crippen LogP contribution in [0.2, 0.25) is 0 Å². The third-order valence-electron chi connectivity index (χ3n) is 3.78. The number of primary amides is 1. The fourth-order valence-corrected chi connectivity index (χ4v) is 3.76. The van der Waals surface area contributed by atoms with Crippen molar-refractivity contribution in [3.8, 4) is 11.1 Å². The number of aryl methyl sites for hydroxylation is 1. The first-order valence-corrected chi connectivity index (χ1v) is 8.23. The Morgan fingerprint density at radius 2 is 1.61 bits per heavy atom. The Bertz CT molecular complexity index is 1130. The molecule has 0 aliphatic rings. The highest BCUT2D eigenvalue weighted by Crippen LogP contribution is 2.42. The summed E-state index contributed by atoms with van der Waals surface area (Å²) in [6.45, 7) is 1.43. The summed E-state index contributed by atoms with van der Waals surface area (Å²) in [6, 6.07) is 0.819. The molecule has 0 saturated heterocycles. The maximum atomic E-state index is 13.1. The Kier molecular flexibility index (Phi) is 4.49. The van der Waals surface area contributed by atoms with Gasteiger partial charge in [-0.2, -0.15) is 26.3 Å². The number of hydrogen-bond donors (Lipinski definition) is 2. The second kappa shape index (κ2) is 6.33. The van der Waals surface area contributed by atoms with E-state index in [2.05, 4.69) is 9.97 Å².